The molecule has 0 saturated carbocycles. The van der Waals surface area contributed by atoms with E-state index >= 15 is 0 Å². The van der Waals surface area contributed by atoms with Gasteiger partial charge in [0.2, 0.25) is 5.91 Å². The van der Waals surface area contributed by atoms with Gasteiger partial charge in [0.05, 0.1) is 6.42 Å². The predicted octanol–water partition coefficient (Wildman–Crippen LogP) is 3.55. The minimum Gasteiger partial charge on any atom is -0.345 e. The number of halogens is 1. The first-order valence-electron chi connectivity index (χ1n) is 9.75. The molecule has 1 aliphatic heterocycles. The minimum absolute atomic E-state index is 0.0108. The molecule has 0 unspecified atom stereocenters. The van der Waals surface area contributed by atoms with E-state index in [4.69, 9.17) is 0 Å². The Labute approximate surface area is 166 Å². The van der Waals surface area contributed by atoms with Gasteiger partial charge in [0.25, 0.3) is 5.91 Å². The van der Waals surface area contributed by atoms with Crippen molar-refractivity contribution in [3.8, 4) is 0 Å². The van der Waals surface area contributed by atoms with Gasteiger partial charge >= 0.3 is 0 Å². The zero-order chi connectivity index (χ0) is 20.1. The van der Waals surface area contributed by atoms with Gasteiger partial charge in [0.1, 0.15) is 5.82 Å². The number of likely N-dealkylation sites (tertiary alicyclic amines) is 1. The molecule has 0 aromatic heterocycles. The van der Waals surface area contributed by atoms with Gasteiger partial charge in [-0.3, -0.25) is 9.59 Å². The van der Waals surface area contributed by atoms with Crippen LogP contribution in [0.1, 0.15) is 34.3 Å². The summed E-state index contributed by atoms with van der Waals surface area (Å²) in [6.45, 7) is 1.49. The van der Waals surface area contributed by atoms with Gasteiger partial charge in [0, 0.05) is 32.7 Å². The fraction of sp³-hybridized carbons (Fsp3) is 0.391. The third-order valence-electron chi connectivity index (χ3n) is 5.34. The van der Waals surface area contributed by atoms with Crippen LogP contribution < -0.4 is 0 Å². The molecule has 28 heavy (non-hydrogen) atoms. The molecular weight excluding hydrogens is 355 g/mol. The number of carbonyl (C=O) groups is 2. The SMILES string of the molecule is CN(C)C(=O)c1ccc(CC2CCN(C(=O)Cc3cccc(F)c3)CC2)cc1. The molecule has 0 N–H and O–H groups in total. The molecule has 0 atom stereocenters. The number of nitrogens with zero attached hydrogens (tertiary/aromatic N) is 2. The zero-order valence-corrected chi connectivity index (χ0v) is 16.5. The van der Waals surface area contributed by atoms with Gasteiger partial charge in [-0.15, -0.1) is 0 Å². The van der Waals surface area contributed by atoms with Crippen molar-refractivity contribution >= 4 is 11.8 Å². The first-order valence-corrected chi connectivity index (χ1v) is 9.75. The number of benzene rings is 2. The second-order valence-electron chi connectivity index (χ2n) is 7.73. The largest absolute Gasteiger partial charge is 0.345 e. The highest BCUT2D eigenvalue weighted by molar-refractivity contribution is 5.93. The second-order valence-corrected chi connectivity index (χ2v) is 7.73. The third kappa shape index (κ3) is 5.18. The third-order valence-corrected chi connectivity index (χ3v) is 5.34. The molecule has 0 radical (unpaired) electrons. The lowest BCUT2D eigenvalue weighted by Gasteiger charge is -2.32. The Morgan fingerprint density at radius 1 is 1.04 bits per heavy atom. The van der Waals surface area contributed by atoms with Gasteiger partial charge in [-0.1, -0.05) is 24.3 Å². The Bertz CT molecular complexity index is 825. The molecule has 4 nitrogen and oxygen atoms in total. The average Bonchev–Trinajstić information content (AvgIpc) is 2.68. The number of piperidine rings is 1. The van der Waals surface area contributed by atoms with E-state index in [1.165, 1.54) is 17.7 Å². The molecule has 1 aliphatic rings. The lowest BCUT2D eigenvalue weighted by molar-refractivity contribution is -0.131. The second kappa shape index (κ2) is 9.00. The fourth-order valence-electron chi connectivity index (χ4n) is 3.69. The highest BCUT2D eigenvalue weighted by atomic mass is 19.1. The molecule has 0 aliphatic carbocycles. The molecule has 5 heteroatoms. The summed E-state index contributed by atoms with van der Waals surface area (Å²) in [5.41, 5.74) is 2.64. The first-order chi connectivity index (χ1) is 13.4. The number of amides is 2. The van der Waals surface area contributed by atoms with E-state index in [1.54, 1.807) is 31.1 Å². The summed E-state index contributed by atoms with van der Waals surface area (Å²) < 4.78 is 13.3. The maximum atomic E-state index is 13.3. The van der Waals surface area contributed by atoms with E-state index in [1.807, 2.05) is 29.2 Å². The average molecular weight is 382 g/mol. The van der Waals surface area contributed by atoms with Crippen LogP contribution in [0.15, 0.2) is 48.5 Å². The van der Waals surface area contributed by atoms with Crippen molar-refractivity contribution in [2.75, 3.05) is 27.2 Å². The van der Waals surface area contributed by atoms with Crippen LogP contribution >= 0.6 is 0 Å². The summed E-state index contributed by atoms with van der Waals surface area (Å²) in [4.78, 5) is 27.9. The molecule has 148 valence electrons. The van der Waals surface area contributed by atoms with Crippen LogP contribution in [0.2, 0.25) is 0 Å². The lowest BCUT2D eigenvalue weighted by Crippen LogP contribution is -2.39. The first kappa shape index (κ1) is 20.1. The number of hydrogen-bond donors (Lipinski definition) is 0. The van der Waals surface area contributed by atoms with Crippen molar-refractivity contribution in [2.45, 2.75) is 25.7 Å². The summed E-state index contributed by atoms with van der Waals surface area (Å²) in [7, 11) is 3.50. The monoisotopic (exact) mass is 382 g/mol. The van der Waals surface area contributed by atoms with E-state index in [2.05, 4.69) is 0 Å². The zero-order valence-electron chi connectivity index (χ0n) is 16.5. The number of rotatable bonds is 5. The summed E-state index contributed by atoms with van der Waals surface area (Å²) in [5.74, 6) is 0.309. The normalized spacial score (nSPS) is 14.8. The molecule has 2 aromatic carbocycles. The van der Waals surface area contributed by atoms with Crippen LogP contribution in [0, 0.1) is 11.7 Å². The maximum Gasteiger partial charge on any atom is 0.253 e. The lowest BCUT2D eigenvalue weighted by atomic mass is 9.89. The topological polar surface area (TPSA) is 40.6 Å². The summed E-state index contributed by atoms with van der Waals surface area (Å²) in [5, 5.41) is 0. The van der Waals surface area contributed by atoms with Gasteiger partial charge in [-0.25, -0.2) is 4.39 Å². The van der Waals surface area contributed by atoms with E-state index in [0.29, 0.717) is 11.5 Å². The highest BCUT2D eigenvalue weighted by Gasteiger charge is 2.23. The summed E-state index contributed by atoms with van der Waals surface area (Å²) in [6, 6.07) is 14.1. The predicted molar refractivity (Wildman–Crippen MR) is 108 cm³/mol. The number of carbonyl (C=O) groups excluding carboxylic acids is 2. The van der Waals surface area contributed by atoms with Crippen LogP contribution in [0.5, 0.6) is 0 Å². The van der Waals surface area contributed by atoms with Crippen molar-refractivity contribution in [2.24, 2.45) is 5.92 Å². The molecule has 3 rings (SSSR count). The van der Waals surface area contributed by atoms with E-state index in [0.717, 1.165) is 37.9 Å². The quantitative estimate of drug-likeness (QED) is 0.793. The summed E-state index contributed by atoms with van der Waals surface area (Å²) >= 11 is 0. The smallest absolute Gasteiger partial charge is 0.253 e. The van der Waals surface area contributed by atoms with Crippen LogP contribution in [-0.4, -0.2) is 48.8 Å². The van der Waals surface area contributed by atoms with Crippen molar-refractivity contribution in [1.82, 2.24) is 9.80 Å². The van der Waals surface area contributed by atoms with Crippen molar-refractivity contribution in [1.29, 1.82) is 0 Å². The highest BCUT2D eigenvalue weighted by Crippen LogP contribution is 2.23. The molecule has 2 amide bonds. The van der Waals surface area contributed by atoms with Crippen LogP contribution in [-0.2, 0) is 17.6 Å². The van der Waals surface area contributed by atoms with E-state index in [-0.39, 0.29) is 24.1 Å². The molecule has 0 bridgehead atoms. The van der Waals surface area contributed by atoms with Crippen LogP contribution in [0.4, 0.5) is 4.39 Å². The Kier molecular flexibility index (Phi) is 6.45. The Morgan fingerprint density at radius 2 is 1.71 bits per heavy atom. The van der Waals surface area contributed by atoms with Crippen LogP contribution in [0.3, 0.4) is 0 Å². The molecular formula is C23H27FN2O2. The standard InChI is InChI=1S/C23H27FN2O2/c1-25(2)23(28)20-8-6-17(7-9-20)14-18-10-12-26(13-11-18)22(27)16-19-4-3-5-21(24)15-19/h3-9,15,18H,10-14,16H2,1-2H3. The molecule has 2 aromatic rings. The van der Waals surface area contributed by atoms with Gasteiger partial charge in [0.15, 0.2) is 0 Å². The summed E-state index contributed by atoms with van der Waals surface area (Å²) in [6.07, 6.45) is 3.15. The van der Waals surface area contributed by atoms with Crippen molar-refractivity contribution < 1.29 is 14.0 Å². The number of hydrogen-bond acceptors (Lipinski definition) is 2. The molecule has 1 heterocycles. The van der Waals surface area contributed by atoms with Crippen molar-refractivity contribution in [3.63, 3.8) is 0 Å². The maximum absolute atomic E-state index is 13.3. The Hall–Kier alpha value is -2.69. The van der Waals surface area contributed by atoms with Gasteiger partial charge < -0.3 is 9.80 Å². The molecule has 0 spiro atoms. The van der Waals surface area contributed by atoms with E-state index in [9.17, 15) is 14.0 Å². The minimum atomic E-state index is -0.303. The van der Waals surface area contributed by atoms with Gasteiger partial charge in [-0.05, 0) is 60.6 Å². The van der Waals surface area contributed by atoms with Gasteiger partial charge in [-0.2, -0.15) is 0 Å². The Morgan fingerprint density at radius 3 is 2.32 bits per heavy atom. The van der Waals surface area contributed by atoms with Crippen molar-refractivity contribution in [3.05, 3.63) is 71.0 Å². The van der Waals surface area contributed by atoms with Crippen LogP contribution in [0.25, 0.3) is 0 Å². The molecule has 1 saturated heterocycles. The molecule has 1 fully saturated rings. The van der Waals surface area contributed by atoms with E-state index < -0.39 is 0 Å². The Balaban J connectivity index is 1.48. The fourth-order valence-corrected chi connectivity index (χ4v) is 3.69.